The maximum Gasteiger partial charge on any atom is 0.274 e. The van der Waals surface area contributed by atoms with Crippen molar-refractivity contribution in [2.45, 2.75) is 35.0 Å². The van der Waals surface area contributed by atoms with Crippen molar-refractivity contribution in [3.63, 3.8) is 0 Å². The van der Waals surface area contributed by atoms with Gasteiger partial charge in [-0.25, -0.2) is 13.9 Å². The average Bonchev–Trinajstić information content (AvgIpc) is 2.78. The normalized spacial score (nSPS) is 20.1. The van der Waals surface area contributed by atoms with Crippen LogP contribution in [0.15, 0.2) is 47.4 Å². The highest BCUT2D eigenvalue weighted by Gasteiger charge is 2.52. The molecule has 0 aliphatic carbocycles. The highest BCUT2D eigenvalue weighted by Crippen LogP contribution is 2.43. The summed E-state index contributed by atoms with van der Waals surface area (Å²) >= 11 is 0. The number of sulfone groups is 1. The first-order valence-electron chi connectivity index (χ1n) is 9.75. The Morgan fingerprint density at radius 1 is 1.20 bits per heavy atom. The molecule has 30 heavy (non-hydrogen) atoms. The Labute approximate surface area is 175 Å². The van der Waals surface area contributed by atoms with E-state index in [9.17, 15) is 13.2 Å². The number of fused-ring (bicyclic) bond motifs is 1. The van der Waals surface area contributed by atoms with Gasteiger partial charge in [-0.05, 0) is 61.5 Å². The first-order valence-corrected chi connectivity index (χ1v) is 11.3. The highest BCUT2D eigenvalue weighted by molar-refractivity contribution is 7.92. The molecule has 8 nitrogen and oxygen atoms in total. The lowest BCUT2D eigenvalue weighted by Gasteiger charge is -2.46. The van der Waals surface area contributed by atoms with Crippen LogP contribution in [0.25, 0.3) is 0 Å². The molecule has 0 radical (unpaired) electrons. The minimum atomic E-state index is -3.70. The van der Waals surface area contributed by atoms with Crippen LogP contribution in [0, 0.1) is 0 Å². The average molecular weight is 432 g/mol. The fraction of sp³-hybridized carbons (Fsp3) is 0.381. The third-order valence-corrected chi connectivity index (χ3v) is 8.22. The van der Waals surface area contributed by atoms with Crippen molar-refractivity contribution in [2.75, 3.05) is 20.2 Å². The van der Waals surface area contributed by atoms with Crippen molar-refractivity contribution in [2.24, 2.45) is 0 Å². The zero-order chi connectivity index (χ0) is 21.4. The van der Waals surface area contributed by atoms with E-state index in [1.54, 1.807) is 47.9 Å². The van der Waals surface area contributed by atoms with E-state index >= 15 is 0 Å². The number of amides is 1. The monoisotopic (exact) mass is 432 g/mol. The summed E-state index contributed by atoms with van der Waals surface area (Å²) in [5.41, 5.74) is 1.68. The number of rotatable bonds is 4. The van der Waals surface area contributed by atoms with Gasteiger partial charge in [0.15, 0.2) is 9.84 Å². The first-order chi connectivity index (χ1) is 14.4. The van der Waals surface area contributed by atoms with E-state index in [4.69, 9.17) is 14.7 Å². The molecule has 1 unspecified atom stereocenters. The lowest BCUT2D eigenvalue weighted by molar-refractivity contribution is 0.0203. The number of benzene rings is 2. The van der Waals surface area contributed by atoms with Gasteiger partial charge in [0.05, 0.1) is 12.0 Å². The molecule has 160 valence electrons. The van der Waals surface area contributed by atoms with Crippen LogP contribution >= 0.6 is 0 Å². The molecule has 1 amide bonds. The second-order valence-corrected chi connectivity index (χ2v) is 9.72. The van der Waals surface area contributed by atoms with Gasteiger partial charge in [0, 0.05) is 18.4 Å². The Morgan fingerprint density at radius 3 is 2.53 bits per heavy atom. The molecule has 2 aromatic rings. The van der Waals surface area contributed by atoms with E-state index < -0.39 is 26.6 Å². The predicted molar refractivity (Wildman–Crippen MR) is 109 cm³/mol. The minimum Gasteiger partial charge on any atom is -0.497 e. The topological polar surface area (TPSA) is 114 Å². The number of nitrogens with one attached hydrogen (secondary N) is 2. The van der Waals surface area contributed by atoms with Gasteiger partial charge in [-0.1, -0.05) is 6.07 Å². The number of hydrogen-bond donors (Lipinski definition) is 3. The van der Waals surface area contributed by atoms with Gasteiger partial charge in [0.25, 0.3) is 5.91 Å². The quantitative estimate of drug-likeness (QED) is 0.498. The molecule has 1 fully saturated rings. The van der Waals surface area contributed by atoms with Crippen LogP contribution in [0.2, 0.25) is 0 Å². The van der Waals surface area contributed by atoms with E-state index in [1.165, 1.54) is 7.11 Å². The number of hydroxylamine groups is 1. The fourth-order valence-corrected chi connectivity index (χ4v) is 6.38. The van der Waals surface area contributed by atoms with Crippen LogP contribution in [0.1, 0.15) is 28.8 Å². The summed E-state index contributed by atoms with van der Waals surface area (Å²) in [6.45, 7) is 1.28. The number of hydrogen-bond acceptors (Lipinski definition) is 7. The minimum absolute atomic E-state index is 0.231. The van der Waals surface area contributed by atoms with Crippen molar-refractivity contribution in [1.82, 2.24) is 10.8 Å². The Morgan fingerprint density at radius 2 is 1.90 bits per heavy atom. The van der Waals surface area contributed by atoms with Gasteiger partial charge in [0.2, 0.25) is 0 Å². The summed E-state index contributed by atoms with van der Waals surface area (Å²) in [5, 5.41) is 11.4. The molecule has 0 aromatic heterocycles. The molecular formula is C21H24N2O6S. The van der Waals surface area contributed by atoms with E-state index in [0.29, 0.717) is 37.4 Å². The molecule has 2 aliphatic rings. The highest BCUT2D eigenvalue weighted by atomic mass is 32.2. The third-order valence-electron chi connectivity index (χ3n) is 5.95. The van der Waals surface area contributed by atoms with E-state index in [-0.39, 0.29) is 16.9 Å². The van der Waals surface area contributed by atoms with Crippen LogP contribution in [0.4, 0.5) is 0 Å². The molecule has 4 rings (SSSR count). The number of methoxy groups -OCH3 is 1. The Balaban J connectivity index is 1.77. The number of carbonyl (C=O) groups is 1. The summed E-state index contributed by atoms with van der Waals surface area (Å²) in [7, 11) is -2.16. The molecule has 1 saturated heterocycles. The van der Waals surface area contributed by atoms with E-state index in [0.717, 1.165) is 5.56 Å². The summed E-state index contributed by atoms with van der Waals surface area (Å²) in [6, 6.07) is 11.2. The molecule has 2 aliphatic heterocycles. The van der Waals surface area contributed by atoms with Crippen molar-refractivity contribution in [3.05, 3.63) is 53.6 Å². The van der Waals surface area contributed by atoms with Crippen molar-refractivity contribution >= 4 is 15.7 Å². The number of piperidine rings is 1. The predicted octanol–water partition coefficient (Wildman–Crippen LogP) is 1.71. The molecular weight excluding hydrogens is 408 g/mol. The third kappa shape index (κ3) is 3.53. The molecule has 0 bridgehead atoms. The number of ether oxygens (including phenoxy) is 2. The second-order valence-electron chi connectivity index (χ2n) is 7.59. The second kappa shape index (κ2) is 7.90. The van der Waals surface area contributed by atoms with Gasteiger partial charge in [-0.3, -0.25) is 10.0 Å². The maximum absolute atomic E-state index is 13.7. The molecule has 0 saturated carbocycles. The van der Waals surface area contributed by atoms with Crippen LogP contribution in [-0.4, -0.2) is 50.6 Å². The van der Waals surface area contributed by atoms with Crippen LogP contribution < -0.4 is 20.3 Å². The van der Waals surface area contributed by atoms with Gasteiger partial charge in [-0.15, -0.1) is 0 Å². The molecule has 1 atom stereocenters. The lowest BCUT2D eigenvalue weighted by Crippen LogP contribution is -2.59. The maximum atomic E-state index is 13.7. The summed E-state index contributed by atoms with van der Waals surface area (Å²) in [5.74, 6) is 0.429. The SMILES string of the molecule is COc1ccc(S(=O)(=O)C2Cc3ccc(C(=O)NO)cc3OC23CCNCC3)cc1. The van der Waals surface area contributed by atoms with E-state index in [2.05, 4.69) is 5.32 Å². The van der Waals surface area contributed by atoms with Gasteiger partial charge in [0.1, 0.15) is 22.4 Å². The molecule has 3 N–H and O–H groups in total. The molecule has 1 spiro atoms. The summed E-state index contributed by atoms with van der Waals surface area (Å²) in [6.07, 6.45) is 1.34. The Hall–Kier alpha value is -2.62. The first kappa shape index (κ1) is 20.6. The van der Waals surface area contributed by atoms with E-state index in [1.807, 2.05) is 0 Å². The molecule has 2 heterocycles. The summed E-state index contributed by atoms with van der Waals surface area (Å²) < 4.78 is 38.8. The van der Waals surface area contributed by atoms with Crippen LogP contribution in [-0.2, 0) is 16.3 Å². The lowest BCUT2D eigenvalue weighted by atomic mass is 9.83. The fourth-order valence-electron chi connectivity index (χ4n) is 4.29. The number of carbonyl (C=O) groups excluding carboxylic acids is 1. The molecule has 9 heteroatoms. The largest absolute Gasteiger partial charge is 0.497 e. The molecule has 2 aromatic carbocycles. The van der Waals surface area contributed by atoms with Gasteiger partial charge >= 0.3 is 0 Å². The van der Waals surface area contributed by atoms with Crippen molar-refractivity contribution < 1.29 is 27.9 Å². The summed E-state index contributed by atoms with van der Waals surface area (Å²) in [4.78, 5) is 12.0. The van der Waals surface area contributed by atoms with Crippen LogP contribution in [0.5, 0.6) is 11.5 Å². The van der Waals surface area contributed by atoms with Gasteiger partial charge < -0.3 is 14.8 Å². The Kier molecular flexibility index (Phi) is 5.44. The van der Waals surface area contributed by atoms with Crippen molar-refractivity contribution in [1.29, 1.82) is 0 Å². The Bertz CT molecular complexity index is 1050. The standard InChI is InChI=1S/C21H24N2O6S/c1-28-16-4-6-17(7-5-16)30(26,27)19-13-14-2-3-15(20(24)23-25)12-18(14)29-21(19)8-10-22-11-9-21/h2-7,12,19,22,25H,8-11,13H2,1H3,(H,23,24). The van der Waals surface area contributed by atoms with Crippen LogP contribution in [0.3, 0.4) is 0 Å². The zero-order valence-corrected chi connectivity index (χ0v) is 17.4. The van der Waals surface area contributed by atoms with Crippen molar-refractivity contribution in [3.8, 4) is 11.5 Å². The zero-order valence-electron chi connectivity index (χ0n) is 16.6. The van der Waals surface area contributed by atoms with Gasteiger partial charge in [-0.2, -0.15) is 0 Å². The smallest absolute Gasteiger partial charge is 0.274 e.